The molecule has 23 heavy (non-hydrogen) atoms. The molecular formula is C15H18N4O2S2. The fourth-order valence-corrected chi connectivity index (χ4v) is 4.13. The SMILES string of the molecule is c1nsc(NSc2ccc3c(c2)OCCC3N2CCOCC2)n1. The maximum absolute atomic E-state index is 5.90. The van der Waals surface area contributed by atoms with Gasteiger partial charge in [0.05, 0.1) is 19.8 Å². The van der Waals surface area contributed by atoms with Gasteiger partial charge in [-0.05, 0) is 24.1 Å². The van der Waals surface area contributed by atoms with Gasteiger partial charge in [0.25, 0.3) is 0 Å². The number of fused-ring (bicyclic) bond motifs is 1. The van der Waals surface area contributed by atoms with Crippen LogP contribution in [0.5, 0.6) is 5.75 Å². The average Bonchev–Trinajstić information content (AvgIpc) is 3.13. The third kappa shape index (κ3) is 3.45. The van der Waals surface area contributed by atoms with Crippen LogP contribution in [0.15, 0.2) is 29.4 Å². The molecule has 3 heterocycles. The lowest BCUT2D eigenvalue weighted by atomic mass is 9.98. The fraction of sp³-hybridized carbons (Fsp3) is 0.467. The van der Waals surface area contributed by atoms with E-state index in [0.29, 0.717) is 6.04 Å². The Morgan fingerprint density at radius 2 is 2.17 bits per heavy atom. The molecule has 1 fully saturated rings. The maximum Gasteiger partial charge on any atom is 0.212 e. The molecule has 0 radical (unpaired) electrons. The van der Waals surface area contributed by atoms with E-state index in [1.807, 2.05) is 0 Å². The van der Waals surface area contributed by atoms with Crippen LogP contribution in [0.1, 0.15) is 18.0 Å². The number of benzene rings is 1. The Balaban J connectivity index is 1.49. The summed E-state index contributed by atoms with van der Waals surface area (Å²) in [6, 6.07) is 6.89. The predicted molar refractivity (Wildman–Crippen MR) is 91.1 cm³/mol. The molecule has 0 aliphatic carbocycles. The maximum atomic E-state index is 5.90. The Hall–Kier alpha value is -1.35. The minimum Gasteiger partial charge on any atom is -0.493 e. The van der Waals surface area contributed by atoms with E-state index in [4.69, 9.17) is 9.47 Å². The van der Waals surface area contributed by atoms with Crippen molar-refractivity contribution < 1.29 is 9.47 Å². The molecule has 0 saturated carbocycles. The van der Waals surface area contributed by atoms with Crippen LogP contribution in [0.3, 0.4) is 0 Å². The van der Waals surface area contributed by atoms with E-state index >= 15 is 0 Å². The largest absolute Gasteiger partial charge is 0.493 e. The number of rotatable bonds is 4. The smallest absolute Gasteiger partial charge is 0.212 e. The lowest BCUT2D eigenvalue weighted by molar-refractivity contribution is 0.00704. The van der Waals surface area contributed by atoms with Gasteiger partial charge in [0.1, 0.15) is 12.1 Å². The molecule has 2 aromatic rings. The minimum absolute atomic E-state index is 0.442. The van der Waals surface area contributed by atoms with Crippen LogP contribution in [0.2, 0.25) is 0 Å². The van der Waals surface area contributed by atoms with Crippen molar-refractivity contribution in [3.05, 3.63) is 30.1 Å². The number of ether oxygens (including phenoxy) is 2. The Morgan fingerprint density at radius 1 is 1.26 bits per heavy atom. The number of hydrogen-bond donors (Lipinski definition) is 1. The molecule has 122 valence electrons. The standard InChI is InChI=1S/C15H18N4O2S2/c1-2-12-13(19-4-7-20-8-5-19)3-6-21-14(12)9-11(1)22-18-15-16-10-17-23-15/h1-2,9-10,13H,3-8H2,(H,16,17,18). The number of aromatic nitrogens is 2. The summed E-state index contributed by atoms with van der Waals surface area (Å²) in [6.07, 6.45) is 2.60. The summed E-state index contributed by atoms with van der Waals surface area (Å²) in [5, 5.41) is 0.805. The van der Waals surface area contributed by atoms with Crippen LogP contribution in [-0.2, 0) is 4.74 Å². The van der Waals surface area contributed by atoms with Gasteiger partial charge in [-0.1, -0.05) is 6.07 Å². The summed E-state index contributed by atoms with van der Waals surface area (Å²) in [7, 11) is 0. The van der Waals surface area contributed by atoms with Crippen molar-refractivity contribution in [1.29, 1.82) is 0 Å². The lowest BCUT2D eigenvalue weighted by Gasteiger charge is -2.37. The van der Waals surface area contributed by atoms with Crippen LogP contribution in [-0.4, -0.2) is 47.2 Å². The molecule has 2 aliphatic heterocycles. The number of nitrogens with one attached hydrogen (secondary N) is 1. The highest BCUT2D eigenvalue weighted by Gasteiger charge is 2.28. The number of nitrogens with zero attached hydrogens (tertiary/aromatic N) is 3. The zero-order valence-electron chi connectivity index (χ0n) is 12.6. The van der Waals surface area contributed by atoms with Gasteiger partial charge in [-0.25, -0.2) is 4.98 Å². The third-order valence-electron chi connectivity index (χ3n) is 4.10. The van der Waals surface area contributed by atoms with Crippen molar-refractivity contribution in [2.24, 2.45) is 0 Å². The molecule has 6 nitrogen and oxygen atoms in total. The van der Waals surface area contributed by atoms with Crippen molar-refractivity contribution in [1.82, 2.24) is 14.3 Å². The first-order chi connectivity index (χ1) is 11.4. The third-order valence-corrected chi connectivity index (χ3v) is 5.59. The highest BCUT2D eigenvalue weighted by atomic mass is 32.2. The zero-order chi connectivity index (χ0) is 15.5. The summed E-state index contributed by atoms with van der Waals surface area (Å²) < 4.78 is 18.6. The molecule has 0 spiro atoms. The van der Waals surface area contributed by atoms with E-state index in [1.54, 1.807) is 6.33 Å². The Bertz CT molecular complexity index is 647. The van der Waals surface area contributed by atoms with Crippen LogP contribution >= 0.6 is 23.5 Å². The van der Waals surface area contributed by atoms with Crippen LogP contribution in [0.25, 0.3) is 0 Å². The average molecular weight is 350 g/mol. The monoisotopic (exact) mass is 350 g/mol. The molecule has 1 aromatic heterocycles. The van der Waals surface area contributed by atoms with Crippen LogP contribution in [0.4, 0.5) is 5.13 Å². The van der Waals surface area contributed by atoms with E-state index in [2.05, 4.69) is 37.2 Å². The molecule has 1 unspecified atom stereocenters. The molecular weight excluding hydrogens is 332 g/mol. The van der Waals surface area contributed by atoms with E-state index < -0.39 is 0 Å². The second kappa shape index (κ2) is 7.04. The number of hydrogen-bond acceptors (Lipinski definition) is 8. The molecule has 1 aromatic carbocycles. The van der Waals surface area contributed by atoms with Gasteiger partial charge in [0, 0.05) is 47.5 Å². The predicted octanol–water partition coefficient (Wildman–Crippen LogP) is 2.81. The summed E-state index contributed by atoms with van der Waals surface area (Å²) in [5.41, 5.74) is 1.29. The molecule has 1 saturated heterocycles. The minimum atomic E-state index is 0.442. The summed E-state index contributed by atoms with van der Waals surface area (Å²) in [4.78, 5) is 7.74. The molecule has 0 amide bonds. The first-order valence-electron chi connectivity index (χ1n) is 7.68. The molecule has 2 aliphatic rings. The van der Waals surface area contributed by atoms with Crippen molar-refractivity contribution >= 4 is 28.6 Å². The van der Waals surface area contributed by atoms with Crippen LogP contribution in [0, 0.1) is 0 Å². The quantitative estimate of drug-likeness (QED) is 0.851. The van der Waals surface area contributed by atoms with Crippen molar-refractivity contribution in [3.63, 3.8) is 0 Å². The van der Waals surface area contributed by atoms with Gasteiger partial charge in [-0.3, -0.25) is 4.90 Å². The second-order valence-corrected chi connectivity index (χ2v) is 7.11. The Kier molecular flexibility index (Phi) is 4.65. The highest BCUT2D eigenvalue weighted by Crippen LogP contribution is 2.38. The fourth-order valence-electron chi connectivity index (χ4n) is 3.00. The number of morpholine rings is 1. The van der Waals surface area contributed by atoms with Crippen LogP contribution < -0.4 is 9.46 Å². The summed E-state index contributed by atoms with van der Waals surface area (Å²) >= 11 is 2.88. The summed E-state index contributed by atoms with van der Waals surface area (Å²) in [5.74, 6) is 0.997. The molecule has 1 N–H and O–H groups in total. The Labute approximate surface area is 143 Å². The van der Waals surface area contributed by atoms with Gasteiger partial charge >= 0.3 is 0 Å². The van der Waals surface area contributed by atoms with Gasteiger partial charge in [0.15, 0.2) is 0 Å². The van der Waals surface area contributed by atoms with E-state index in [9.17, 15) is 0 Å². The second-order valence-electron chi connectivity index (χ2n) is 5.45. The van der Waals surface area contributed by atoms with E-state index in [-0.39, 0.29) is 0 Å². The zero-order valence-corrected chi connectivity index (χ0v) is 14.2. The van der Waals surface area contributed by atoms with Gasteiger partial charge in [0.2, 0.25) is 5.13 Å². The highest BCUT2D eigenvalue weighted by molar-refractivity contribution is 8.00. The molecule has 0 bridgehead atoms. The van der Waals surface area contributed by atoms with Crippen molar-refractivity contribution in [2.45, 2.75) is 17.4 Å². The van der Waals surface area contributed by atoms with E-state index in [1.165, 1.54) is 29.0 Å². The normalized spacial score (nSPS) is 21.5. The van der Waals surface area contributed by atoms with E-state index in [0.717, 1.165) is 55.1 Å². The van der Waals surface area contributed by atoms with Crippen molar-refractivity contribution in [2.75, 3.05) is 37.6 Å². The molecule has 4 rings (SSSR count). The lowest BCUT2D eigenvalue weighted by Crippen LogP contribution is -2.40. The topological polar surface area (TPSA) is 59.5 Å². The van der Waals surface area contributed by atoms with Gasteiger partial charge in [-0.2, -0.15) is 4.37 Å². The van der Waals surface area contributed by atoms with Gasteiger partial charge in [-0.15, -0.1) is 0 Å². The molecule has 8 heteroatoms. The first kappa shape index (κ1) is 15.2. The number of anilines is 1. The molecule has 1 atom stereocenters. The van der Waals surface area contributed by atoms with Gasteiger partial charge < -0.3 is 14.2 Å². The summed E-state index contributed by atoms with van der Waals surface area (Å²) in [6.45, 7) is 4.42. The first-order valence-corrected chi connectivity index (χ1v) is 9.27. The Morgan fingerprint density at radius 3 is 3.00 bits per heavy atom. The van der Waals surface area contributed by atoms with Crippen molar-refractivity contribution in [3.8, 4) is 5.75 Å².